The normalized spacial score (nSPS) is 11.9. The van der Waals surface area contributed by atoms with Gasteiger partial charge in [0.05, 0.1) is 18.1 Å². The molecular weight excluding hydrogens is 258 g/mol. The van der Waals surface area contributed by atoms with Crippen LogP contribution in [0.3, 0.4) is 0 Å². The number of hydrogen-bond acceptors (Lipinski definition) is 5. The van der Waals surface area contributed by atoms with Crippen molar-refractivity contribution in [2.45, 2.75) is 19.2 Å². The summed E-state index contributed by atoms with van der Waals surface area (Å²) in [6, 6.07) is 4.14. The number of allylic oxidation sites excluding steroid dienone is 1. The van der Waals surface area contributed by atoms with E-state index in [9.17, 15) is 0 Å². The van der Waals surface area contributed by atoms with E-state index in [-0.39, 0.29) is 0 Å². The second-order valence-corrected chi connectivity index (χ2v) is 5.64. The van der Waals surface area contributed by atoms with Gasteiger partial charge in [0.1, 0.15) is 11.5 Å². The zero-order valence-corrected chi connectivity index (χ0v) is 13.1. The van der Waals surface area contributed by atoms with Gasteiger partial charge in [-0.25, -0.2) is 0 Å². The van der Waals surface area contributed by atoms with Crippen LogP contribution in [0.25, 0.3) is 0 Å². The van der Waals surface area contributed by atoms with Crippen molar-refractivity contribution >= 4 is 11.8 Å². The molecule has 2 N–H and O–H groups in total. The summed E-state index contributed by atoms with van der Waals surface area (Å²) in [7, 11) is 6.01. The highest BCUT2D eigenvalue weighted by Crippen LogP contribution is 2.15. The average Bonchev–Trinajstić information content (AvgIpc) is 2.80. The first-order valence-electron chi connectivity index (χ1n) is 6.53. The third kappa shape index (κ3) is 6.59. The lowest BCUT2D eigenvalue weighted by Crippen LogP contribution is -2.25. The Labute approximate surface area is 120 Å². The van der Waals surface area contributed by atoms with E-state index < -0.39 is 0 Å². The Morgan fingerprint density at radius 1 is 1.37 bits per heavy atom. The molecule has 0 aromatic carbocycles. The summed E-state index contributed by atoms with van der Waals surface area (Å²) in [5.41, 5.74) is 0. The Morgan fingerprint density at radius 2 is 2.11 bits per heavy atom. The average molecular weight is 283 g/mol. The Kier molecular flexibility index (Phi) is 7.52. The molecule has 0 aliphatic rings. The molecule has 4 nitrogen and oxygen atoms in total. The van der Waals surface area contributed by atoms with E-state index in [2.05, 4.69) is 27.7 Å². The zero-order valence-electron chi connectivity index (χ0n) is 12.3. The summed E-state index contributed by atoms with van der Waals surface area (Å²) in [5.74, 6) is 5.15. The largest absolute Gasteiger partial charge is 0.464 e. The highest BCUT2D eigenvalue weighted by atomic mass is 32.2. The minimum atomic E-state index is 0.860. The van der Waals surface area contributed by atoms with Gasteiger partial charge in [-0.2, -0.15) is 11.8 Å². The van der Waals surface area contributed by atoms with Gasteiger partial charge in [-0.05, 0) is 39.2 Å². The molecular formula is C14H25N3OS. The molecule has 0 unspecified atom stereocenters. The lowest BCUT2D eigenvalue weighted by atomic mass is 10.4. The minimum Gasteiger partial charge on any atom is -0.464 e. The zero-order chi connectivity index (χ0) is 14.1. The minimum absolute atomic E-state index is 0.860. The van der Waals surface area contributed by atoms with E-state index in [1.165, 1.54) is 0 Å². The molecule has 0 saturated carbocycles. The van der Waals surface area contributed by atoms with Crippen molar-refractivity contribution in [1.29, 1.82) is 0 Å². The van der Waals surface area contributed by atoms with Gasteiger partial charge in [-0.1, -0.05) is 0 Å². The van der Waals surface area contributed by atoms with E-state index in [1.54, 1.807) is 0 Å². The summed E-state index contributed by atoms with van der Waals surface area (Å²) in [5, 5.41) is 6.43. The third-order valence-corrected chi connectivity index (χ3v) is 3.53. The maximum Gasteiger partial charge on any atom is 0.118 e. The summed E-state index contributed by atoms with van der Waals surface area (Å²) >= 11 is 1.88. The van der Waals surface area contributed by atoms with E-state index in [1.807, 2.05) is 45.9 Å². The van der Waals surface area contributed by atoms with Gasteiger partial charge in [0.2, 0.25) is 0 Å². The van der Waals surface area contributed by atoms with Gasteiger partial charge in [-0.15, -0.1) is 0 Å². The van der Waals surface area contributed by atoms with Crippen LogP contribution in [-0.4, -0.2) is 38.3 Å². The van der Waals surface area contributed by atoms with Crippen molar-refractivity contribution in [3.05, 3.63) is 35.6 Å². The van der Waals surface area contributed by atoms with E-state index in [4.69, 9.17) is 4.42 Å². The number of furan rings is 1. The predicted molar refractivity (Wildman–Crippen MR) is 83.1 cm³/mol. The summed E-state index contributed by atoms with van der Waals surface area (Å²) in [6.07, 6.45) is 2.03. The first kappa shape index (κ1) is 16.0. The van der Waals surface area contributed by atoms with Gasteiger partial charge < -0.3 is 20.0 Å². The second-order valence-electron chi connectivity index (χ2n) is 4.54. The fraction of sp³-hybridized carbons (Fsp3) is 0.571. The number of nitrogens with one attached hydrogen (secondary N) is 2. The van der Waals surface area contributed by atoms with Gasteiger partial charge in [0.25, 0.3) is 0 Å². The first-order chi connectivity index (χ1) is 9.15. The van der Waals surface area contributed by atoms with Gasteiger partial charge >= 0.3 is 0 Å². The molecule has 0 spiro atoms. The molecule has 0 fully saturated rings. The summed E-state index contributed by atoms with van der Waals surface area (Å²) < 4.78 is 5.76. The van der Waals surface area contributed by atoms with E-state index in [0.717, 1.165) is 41.9 Å². The number of rotatable bonds is 9. The van der Waals surface area contributed by atoms with Crippen LogP contribution >= 0.6 is 11.8 Å². The van der Waals surface area contributed by atoms with Crippen LogP contribution in [0.5, 0.6) is 0 Å². The number of nitrogens with zero attached hydrogens (tertiary/aromatic N) is 1. The molecule has 0 radical (unpaired) electrons. The third-order valence-electron chi connectivity index (χ3n) is 2.55. The standard InChI is InChI=1S/C14H25N3OS/c1-5-14(15-2)16-8-9-19-11-13-7-6-12(18-13)10-17(3)4/h5-7,15-16H,8-11H2,1-4H3/b14-5+. The Morgan fingerprint density at radius 3 is 2.74 bits per heavy atom. The first-order valence-corrected chi connectivity index (χ1v) is 7.69. The molecule has 0 bridgehead atoms. The van der Waals surface area contributed by atoms with Crippen LogP contribution in [0, 0.1) is 0 Å². The van der Waals surface area contributed by atoms with Crippen LogP contribution in [0.4, 0.5) is 0 Å². The predicted octanol–water partition coefficient (Wildman–Crippen LogP) is 2.24. The number of hydrogen-bond donors (Lipinski definition) is 2. The lowest BCUT2D eigenvalue weighted by Gasteiger charge is -2.09. The molecule has 0 amide bonds. The van der Waals surface area contributed by atoms with Crippen molar-refractivity contribution in [3.8, 4) is 0 Å². The molecule has 0 aliphatic heterocycles. The summed E-state index contributed by atoms with van der Waals surface area (Å²) in [6.45, 7) is 3.83. The Hall–Kier alpha value is -1.07. The SMILES string of the molecule is C/C=C(\NC)NCCSCc1ccc(CN(C)C)o1. The van der Waals surface area contributed by atoms with Gasteiger partial charge in [0, 0.05) is 19.3 Å². The Bertz CT molecular complexity index is 388. The number of thioether (sulfide) groups is 1. The van der Waals surface area contributed by atoms with E-state index >= 15 is 0 Å². The van der Waals surface area contributed by atoms with Crippen LogP contribution in [0.15, 0.2) is 28.4 Å². The molecule has 0 aliphatic carbocycles. The fourth-order valence-electron chi connectivity index (χ4n) is 1.66. The second kappa shape index (κ2) is 8.93. The van der Waals surface area contributed by atoms with Gasteiger partial charge in [0.15, 0.2) is 0 Å². The maximum absolute atomic E-state index is 5.76. The molecule has 19 heavy (non-hydrogen) atoms. The van der Waals surface area contributed by atoms with Crippen molar-refractivity contribution in [1.82, 2.24) is 15.5 Å². The van der Waals surface area contributed by atoms with Crippen molar-refractivity contribution in [2.75, 3.05) is 33.4 Å². The monoisotopic (exact) mass is 283 g/mol. The van der Waals surface area contributed by atoms with Crippen LogP contribution in [-0.2, 0) is 12.3 Å². The highest BCUT2D eigenvalue weighted by Gasteiger charge is 2.03. The maximum atomic E-state index is 5.76. The summed E-state index contributed by atoms with van der Waals surface area (Å²) in [4.78, 5) is 2.11. The van der Waals surface area contributed by atoms with Crippen molar-refractivity contribution in [3.63, 3.8) is 0 Å². The molecule has 0 saturated heterocycles. The fourth-order valence-corrected chi connectivity index (χ4v) is 2.41. The van der Waals surface area contributed by atoms with E-state index in [0.29, 0.717) is 0 Å². The molecule has 0 atom stereocenters. The lowest BCUT2D eigenvalue weighted by molar-refractivity contribution is 0.344. The van der Waals surface area contributed by atoms with Crippen LogP contribution in [0.1, 0.15) is 18.4 Å². The smallest absolute Gasteiger partial charge is 0.118 e. The molecule has 108 valence electrons. The molecule has 1 rings (SSSR count). The molecule has 1 aromatic heterocycles. The molecule has 1 heterocycles. The van der Waals surface area contributed by atoms with Crippen molar-refractivity contribution < 1.29 is 4.42 Å². The quantitative estimate of drug-likeness (QED) is 0.680. The van der Waals surface area contributed by atoms with Crippen LogP contribution < -0.4 is 10.6 Å². The molecule has 5 heteroatoms. The highest BCUT2D eigenvalue weighted by molar-refractivity contribution is 7.98. The Balaban J connectivity index is 2.17. The molecule has 1 aromatic rings. The van der Waals surface area contributed by atoms with Crippen LogP contribution in [0.2, 0.25) is 0 Å². The topological polar surface area (TPSA) is 40.4 Å². The van der Waals surface area contributed by atoms with Gasteiger partial charge in [-0.3, -0.25) is 0 Å². The van der Waals surface area contributed by atoms with Crippen molar-refractivity contribution in [2.24, 2.45) is 0 Å².